The number of hydrogen-bond donors (Lipinski definition) is 1. The third-order valence-corrected chi connectivity index (χ3v) is 3.08. The predicted molar refractivity (Wildman–Crippen MR) is 64.1 cm³/mol. The van der Waals surface area contributed by atoms with Crippen molar-refractivity contribution in [3.8, 4) is 5.82 Å². The maximum atomic E-state index is 11.5. The molecular formula is C10H10N4O4S. The van der Waals surface area contributed by atoms with E-state index in [9.17, 15) is 13.2 Å². The molecular weight excluding hydrogens is 272 g/mol. The zero-order valence-corrected chi connectivity index (χ0v) is 10.7. The van der Waals surface area contributed by atoms with Gasteiger partial charge in [0.25, 0.3) is 10.0 Å². The van der Waals surface area contributed by atoms with E-state index in [0.717, 1.165) is 11.8 Å². The van der Waals surface area contributed by atoms with E-state index < -0.39 is 21.0 Å². The number of aromatic nitrogens is 3. The van der Waals surface area contributed by atoms with Gasteiger partial charge in [-0.1, -0.05) is 6.07 Å². The van der Waals surface area contributed by atoms with Gasteiger partial charge in [-0.2, -0.15) is 5.10 Å². The molecule has 2 aromatic heterocycles. The lowest BCUT2D eigenvalue weighted by atomic mass is 10.4. The minimum absolute atomic E-state index is 0.240. The fraction of sp³-hybridized carbons (Fsp3) is 0.100. The van der Waals surface area contributed by atoms with Crippen molar-refractivity contribution in [3.05, 3.63) is 36.2 Å². The van der Waals surface area contributed by atoms with E-state index in [4.69, 9.17) is 5.14 Å². The van der Waals surface area contributed by atoms with Crippen LogP contribution in [-0.2, 0) is 14.8 Å². The van der Waals surface area contributed by atoms with Crippen LogP contribution in [0.1, 0.15) is 10.4 Å². The van der Waals surface area contributed by atoms with Crippen molar-refractivity contribution in [2.24, 2.45) is 5.14 Å². The van der Waals surface area contributed by atoms with Crippen LogP contribution in [-0.4, -0.2) is 36.3 Å². The van der Waals surface area contributed by atoms with Crippen molar-refractivity contribution in [2.75, 3.05) is 7.11 Å². The average Bonchev–Trinajstić information content (AvgIpc) is 2.84. The third kappa shape index (κ3) is 2.61. The molecule has 2 aromatic rings. The van der Waals surface area contributed by atoms with Crippen LogP contribution in [0, 0.1) is 0 Å². The highest BCUT2D eigenvalue weighted by Gasteiger charge is 2.25. The quantitative estimate of drug-likeness (QED) is 0.772. The molecule has 0 aromatic carbocycles. The number of pyridine rings is 1. The van der Waals surface area contributed by atoms with Gasteiger partial charge in [0, 0.05) is 12.4 Å². The molecule has 0 spiro atoms. The minimum atomic E-state index is -4.14. The number of sulfonamides is 1. The molecule has 0 amide bonds. The van der Waals surface area contributed by atoms with Crippen molar-refractivity contribution >= 4 is 16.0 Å². The molecule has 0 saturated carbocycles. The van der Waals surface area contributed by atoms with Gasteiger partial charge >= 0.3 is 5.97 Å². The number of methoxy groups -OCH3 is 1. The van der Waals surface area contributed by atoms with E-state index in [1.165, 1.54) is 12.4 Å². The third-order valence-electron chi connectivity index (χ3n) is 2.24. The standard InChI is InChI=1S/C10H10N4O4S/c1-18-10(15)7-6-14(8-4-2-3-5-12-8)13-9(7)19(11,16)17/h2-6H,1H3,(H2,11,16,17). The van der Waals surface area contributed by atoms with E-state index >= 15 is 0 Å². The SMILES string of the molecule is COC(=O)c1cn(-c2ccccn2)nc1S(N)(=O)=O. The Balaban J connectivity index is 2.62. The Hall–Kier alpha value is -2.26. The highest BCUT2D eigenvalue weighted by molar-refractivity contribution is 7.89. The second-order valence-electron chi connectivity index (χ2n) is 3.52. The molecule has 9 heteroatoms. The number of ether oxygens (including phenoxy) is 1. The summed E-state index contributed by atoms with van der Waals surface area (Å²) in [5.74, 6) is -0.492. The van der Waals surface area contributed by atoms with Crippen LogP contribution in [0.5, 0.6) is 0 Å². The number of esters is 1. The molecule has 0 aliphatic heterocycles. The van der Waals surface area contributed by atoms with Gasteiger partial charge in [0.05, 0.1) is 7.11 Å². The normalized spacial score (nSPS) is 11.3. The molecule has 2 N–H and O–H groups in total. The van der Waals surface area contributed by atoms with E-state index in [0.29, 0.717) is 5.82 Å². The van der Waals surface area contributed by atoms with Crippen LogP contribution in [0.15, 0.2) is 35.6 Å². The Labute approximate surface area is 108 Å². The average molecular weight is 282 g/mol. The monoisotopic (exact) mass is 282 g/mol. The molecule has 2 heterocycles. The summed E-state index contributed by atoms with van der Waals surface area (Å²) in [5.41, 5.74) is -0.240. The lowest BCUT2D eigenvalue weighted by Crippen LogP contribution is -2.17. The van der Waals surface area contributed by atoms with Gasteiger partial charge in [0.15, 0.2) is 5.82 Å². The Morgan fingerprint density at radius 3 is 2.68 bits per heavy atom. The van der Waals surface area contributed by atoms with Crippen LogP contribution in [0.25, 0.3) is 5.82 Å². The fourth-order valence-electron chi connectivity index (χ4n) is 1.42. The van der Waals surface area contributed by atoms with E-state index in [-0.39, 0.29) is 5.56 Å². The number of primary sulfonamides is 1. The summed E-state index contributed by atoms with van der Waals surface area (Å²) in [6.45, 7) is 0. The first-order valence-corrected chi connectivity index (χ1v) is 6.60. The number of carbonyl (C=O) groups is 1. The van der Waals surface area contributed by atoms with Crippen molar-refractivity contribution in [1.29, 1.82) is 0 Å². The highest BCUT2D eigenvalue weighted by atomic mass is 32.2. The van der Waals surface area contributed by atoms with Crippen molar-refractivity contribution in [3.63, 3.8) is 0 Å². The fourth-order valence-corrected chi connectivity index (χ4v) is 2.07. The zero-order valence-electron chi connectivity index (χ0n) is 9.85. The Morgan fingerprint density at radius 2 is 2.16 bits per heavy atom. The predicted octanol–water partition coefficient (Wildman–Crippen LogP) is -0.299. The molecule has 0 radical (unpaired) electrons. The topological polar surface area (TPSA) is 117 Å². The second kappa shape index (κ2) is 4.78. The molecule has 19 heavy (non-hydrogen) atoms. The molecule has 0 atom stereocenters. The van der Waals surface area contributed by atoms with Crippen LogP contribution < -0.4 is 5.14 Å². The maximum absolute atomic E-state index is 11.5. The highest BCUT2D eigenvalue weighted by Crippen LogP contribution is 2.15. The second-order valence-corrected chi connectivity index (χ2v) is 4.99. The molecule has 2 rings (SSSR count). The number of hydrogen-bond acceptors (Lipinski definition) is 6. The molecule has 0 unspecified atom stereocenters. The van der Waals surface area contributed by atoms with Crippen LogP contribution in [0.3, 0.4) is 0 Å². The van der Waals surface area contributed by atoms with Crippen molar-refractivity contribution < 1.29 is 17.9 Å². The Bertz CT molecular complexity index is 708. The molecule has 0 saturated heterocycles. The Morgan fingerprint density at radius 1 is 1.42 bits per heavy atom. The molecule has 0 aliphatic carbocycles. The summed E-state index contributed by atoms with van der Waals surface area (Å²) >= 11 is 0. The molecule has 0 bridgehead atoms. The number of nitrogens with two attached hydrogens (primary N) is 1. The van der Waals surface area contributed by atoms with E-state index in [2.05, 4.69) is 14.8 Å². The van der Waals surface area contributed by atoms with E-state index in [1.54, 1.807) is 18.2 Å². The van der Waals surface area contributed by atoms with Gasteiger partial charge in [-0.3, -0.25) is 0 Å². The first kappa shape index (κ1) is 13.2. The molecule has 8 nitrogen and oxygen atoms in total. The summed E-state index contributed by atoms with van der Waals surface area (Å²) < 4.78 is 28.4. The van der Waals surface area contributed by atoms with Gasteiger partial charge < -0.3 is 4.74 Å². The van der Waals surface area contributed by atoms with Gasteiger partial charge in [-0.15, -0.1) is 0 Å². The first-order valence-electron chi connectivity index (χ1n) is 5.05. The van der Waals surface area contributed by atoms with Crippen molar-refractivity contribution in [2.45, 2.75) is 5.03 Å². The molecule has 100 valence electrons. The number of carbonyl (C=O) groups excluding carboxylic acids is 1. The smallest absolute Gasteiger partial charge is 0.342 e. The summed E-state index contributed by atoms with van der Waals surface area (Å²) in [6, 6.07) is 4.98. The maximum Gasteiger partial charge on any atom is 0.342 e. The van der Waals surface area contributed by atoms with Gasteiger partial charge in [0.1, 0.15) is 5.56 Å². The number of rotatable bonds is 3. The van der Waals surface area contributed by atoms with Crippen LogP contribution in [0.2, 0.25) is 0 Å². The number of nitrogens with zero attached hydrogens (tertiary/aromatic N) is 3. The zero-order chi connectivity index (χ0) is 14.0. The summed E-state index contributed by atoms with van der Waals surface area (Å²) in [7, 11) is -3.00. The van der Waals surface area contributed by atoms with Crippen LogP contribution in [0.4, 0.5) is 0 Å². The van der Waals surface area contributed by atoms with Crippen LogP contribution >= 0.6 is 0 Å². The van der Waals surface area contributed by atoms with Gasteiger partial charge in [-0.05, 0) is 12.1 Å². The summed E-state index contributed by atoms with van der Waals surface area (Å²) in [6.07, 6.45) is 2.71. The Kier molecular flexibility index (Phi) is 3.32. The minimum Gasteiger partial charge on any atom is -0.465 e. The lowest BCUT2D eigenvalue weighted by molar-refractivity contribution is 0.0596. The lowest BCUT2D eigenvalue weighted by Gasteiger charge is -1.97. The molecule has 0 aliphatic rings. The van der Waals surface area contributed by atoms with Gasteiger partial charge in [-0.25, -0.2) is 28.0 Å². The van der Waals surface area contributed by atoms with Gasteiger partial charge in [0.2, 0.25) is 5.03 Å². The van der Waals surface area contributed by atoms with E-state index in [1.807, 2.05) is 0 Å². The summed E-state index contributed by atoms with van der Waals surface area (Å²) in [5, 5.41) is 8.22. The van der Waals surface area contributed by atoms with Crippen molar-refractivity contribution in [1.82, 2.24) is 14.8 Å². The largest absolute Gasteiger partial charge is 0.465 e. The molecule has 0 fully saturated rings. The summed E-state index contributed by atoms with van der Waals surface area (Å²) in [4.78, 5) is 15.5. The first-order chi connectivity index (χ1) is 8.93.